The Hall–Kier alpha value is -1.86. The van der Waals surface area contributed by atoms with Crippen LogP contribution < -0.4 is 0 Å². The second-order valence-corrected chi connectivity index (χ2v) is 3.68. The fourth-order valence-electron chi connectivity index (χ4n) is 1.86. The van der Waals surface area contributed by atoms with Crippen molar-refractivity contribution < 1.29 is 4.79 Å². The first-order valence-corrected chi connectivity index (χ1v) is 4.80. The first-order valence-electron chi connectivity index (χ1n) is 4.80. The number of isocyanates is 1. The molecule has 0 spiro atoms. The highest BCUT2D eigenvalue weighted by Crippen LogP contribution is 2.21. The molecule has 0 aliphatic rings. The van der Waals surface area contributed by atoms with Crippen molar-refractivity contribution in [3.63, 3.8) is 0 Å². The van der Waals surface area contributed by atoms with Crippen LogP contribution in [0.25, 0.3) is 10.9 Å². The molecule has 0 fully saturated rings. The maximum atomic E-state index is 10.0. The summed E-state index contributed by atoms with van der Waals surface area (Å²) >= 11 is 0. The molecule has 15 heavy (non-hydrogen) atoms. The third-order valence-corrected chi connectivity index (χ3v) is 2.58. The van der Waals surface area contributed by atoms with E-state index in [1.54, 1.807) is 6.08 Å². The molecule has 2 aromatic rings. The molecule has 2 rings (SSSR count). The Morgan fingerprint density at radius 1 is 1.47 bits per heavy atom. The van der Waals surface area contributed by atoms with Crippen LogP contribution in [0.3, 0.4) is 0 Å². The molecule has 3 heteroatoms. The predicted octanol–water partition coefficient (Wildman–Crippen LogP) is 2.32. The minimum atomic E-state index is 0.410. The van der Waals surface area contributed by atoms with E-state index in [1.807, 2.05) is 13.1 Å². The number of hydrogen-bond acceptors (Lipinski definition) is 2. The van der Waals surface area contributed by atoms with Gasteiger partial charge in [-0.3, -0.25) is 0 Å². The molecule has 0 aliphatic carbocycles. The Balaban J connectivity index is 2.54. The van der Waals surface area contributed by atoms with E-state index >= 15 is 0 Å². The lowest BCUT2D eigenvalue weighted by Crippen LogP contribution is -1.85. The SMILES string of the molecule is Cc1cn(C)c2ccc(CN=C=O)cc12. The summed E-state index contributed by atoms with van der Waals surface area (Å²) in [7, 11) is 2.03. The Kier molecular flexibility index (Phi) is 2.40. The Morgan fingerprint density at radius 3 is 3.00 bits per heavy atom. The van der Waals surface area contributed by atoms with E-state index in [0.717, 1.165) is 5.56 Å². The smallest absolute Gasteiger partial charge is 0.235 e. The molecule has 1 heterocycles. The average molecular weight is 200 g/mol. The summed E-state index contributed by atoms with van der Waals surface area (Å²) in [5, 5.41) is 1.22. The number of aromatic nitrogens is 1. The number of aryl methyl sites for hydroxylation is 2. The lowest BCUT2D eigenvalue weighted by atomic mass is 10.1. The maximum Gasteiger partial charge on any atom is 0.235 e. The van der Waals surface area contributed by atoms with Crippen molar-refractivity contribution in [1.82, 2.24) is 4.57 Å². The van der Waals surface area contributed by atoms with Crippen LogP contribution in [0.5, 0.6) is 0 Å². The molecule has 0 saturated carbocycles. The lowest BCUT2D eigenvalue weighted by molar-refractivity contribution is 0.563. The van der Waals surface area contributed by atoms with Gasteiger partial charge < -0.3 is 4.57 Å². The predicted molar refractivity (Wildman–Crippen MR) is 59.5 cm³/mol. The quantitative estimate of drug-likeness (QED) is 0.541. The van der Waals surface area contributed by atoms with Crippen LogP contribution in [0.4, 0.5) is 0 Å². The molecule has 1 aromatic heterocycles. The molecule has 0 unspecified atom stereocenters. The minimum Gasteiger partial charge on any atom is -0.350 e. The van der Waals surface area contributed by atoms with Gasteiger partial charge in [-0.25, -0.2) is 9.79 Å². The van der Waals surface area contributed by atoms with Crippen molar-refractivity contribution in [1.29, 1.82) is 0 Å². The summed E-state index contributed by atoms with van der Waals surface area (Å²) in [6, 6.07) is 6.12. The van der Waals surface area contributed by atoms with E-state index in [4.69, 9.17) is 0 Å². The normalized spacial score (nSPS) is 10.3. The molecule has 0 saturated heterocycles. The topological polar surface area (TPSA) is 34.4 Å². The number of fused-ring (bicyclic) bond motifs is 1. The molecular weight excluding hydrogens is 188 g/mol. The van der Waals surface area contributed by atoms with Gasteiger partial charge in [0, 0.05) is 24.1 Å². The van der Waals surface area contributed by atoms with Crippen molar-refractivity contribution in [2.75, 3.05) is 0 Å². The third kappa shape index (κ3) is 1.69. The van der Waals surface area contributed by atoms with E-state index < -0.39 is 0 Å². The van der Waals surface area contributed by atoms with Crippen molar-refractivity contribution in [3.8, 4) is 0 Å². The number of aliphatic imine (C=N–C) groups is 1. The van der Waals surface area contributed by atoms with E-state index in [2.05, 4.69) is 34.8 Å². The summed E-state index contributed by atoms with van der Waals surface area (Å²) in [5.41, 5.74) is 3.48. The van der Waals surface area contributed by atoms with Gasteiger partial charge in [0.25, 0.3) is 0 Å². The van der Waals surface area contributed by atoms with Gasteiger partial charge in [0.2, 0.25) is 6.08 Å². The summed E-state index contributed by atoms with van der Waals surface area (Å²) in [6.07, 6.45) is 3.65. The third-order valence-electron chi connectivity index (χ3n) is 2.58. The number of nitrogens with zero attached hydrogens (tertiary/aromatic N) is 2. The largest absolute Gasteiger partial charge is 0.350 e. The van der Waals surface area contributed by atoms with E-state index in [9.17, 15) is 4.79 Å². The van der Waals surface area contributed by atoms with Crippen LogP contribution in [0, 0.1) is 6.92 Å². The van der Waals surface area contributed by atoms with Crippen LogP contribution >= 0.6 is 0 Å². The van der Waals surface area contributed by atoms with Crippen molar-refractivity contribution in [2.45, 2.75) is 13.5 Å². The second kappa shape index (κ2) is 3.71. The number of carbonyl (C=O) groups excluding carboxylic acids is 1. The van der Waals surface area contributed by atoms with Gasteiger partial charge in [-0.2, -0.15) is 0 Å². The summed E-state index contributed by atoms with van der Waals surface area (Å²) in [5.74, 6) is 0. The zero-order chi connectivity index (χ0) is 10.8. The average Bonchev–Trinajstić information content (AvgIpc) is 2.52. The first-order chi connectivity index (χ1) is 7.22. The van der Waals surface area contributed by atoms with Gasteiger partial charge in [0.1, 0.15) is 0 Å². The van der Waals surface area contributed by atoms with Gasteiger partial charge in [-0.15, -0.1) is 0 Å². The highest BCUT2D eigenvalue weighted by molar-refractivity contribution is 5.84. The standard InChI is InChI=1S/C12H12N2O/c1-9-7-14(2)12-4-3-10(5-11(9)12)6-13-8-15/h3-5,7H,6H2,1-2H3. The second-order valence-electron chi connectivity index (χ2n) is 3.68. The monoisotopic (exact) mass is 200 g/mol. The van der Waals surface area contributed by atoms with E-state index in [-0.39, 0.29) is 0 Å². The van der Waals surface area contributed by atoms with Crippen LogP contribution in [-0.4, -0.2) is 10.6 Å². The zero-order valence-corrected chi connectivity index (χ0v) is 8.82. The molecule has 0 bridgehead atoms. The van der Waals surface area contributed by atoms with Gasteiger partial charge in [-0.1, -0.05) is 6.07 Å². The molecule has 76 valence electrons. The highest BCUT2D eigenvalue weighted by Gasteiger charge is 2.03. The molecule has 0 atom stereocenters. The van der Waals surface area contributed by atoms with Gasteiger partial charge in [0.05, 0.1) is 6.54 Å². The van der Waals surface area contributed by atoms with Crippen LogP contribution in [0.2, 0.25) is 0 Å². The van der Waals surface area contributed by atoms with Crippen LogP contribution in [0.1, 0.15) is 11.1 Å². The van der Waals surface area contributed by atoms with E-state index in [1.165, 1.54) is 16.5 Å². The fraction of sp³-hybridized carbons (Fsp3) is 0.250. The van der Waals surface area contributed by atoms with Crippen molar-refractivity contribution >= 4 is 17.0 Å². The Morgan fingerprint density at radius 2 is 2.27 bits per heavy atom. The summed E-state index contributed by atoms with van der Waals surface area (Å²) in [4.78, 5) is 13.6. The molecule has 0 aliphatic heterocycles. The van der Waals surface area contributed by atoms with Gasteiger partial charge in [-0.05, 0) is 30.2 Å². The highest BCUT2D eigenvalue weighted by atomic mass is 16.1. The number of benzene rings is 1. The van der Waals surface area contributed by atoms with E-state index in [0.29, 0.717) is 6.54 Å². The first kappa shape index (κ1) is 9.69. The zero-order valence-electron chi connectivity index (χ0n) is 8.82. The summed E-state index contributed by atoms with van der Waals surface area (Å²) < 4.78 is 2.09. The molecular formula is C12H12N2O. The Labute approximate surface area is 88.0 Å². The molecule has 0 amide bonds. The van der Waals surface area contributed by atoms with Crippen LogP contribution in [0.15, 0.2) is 29.4 Å². The number of rotatable bonds is 2. The van der Waals surface area contributed by atoms with Gasteiger partial charge >= 0.3 is 0 Å². The van der Waals surface area contributed by atoms with Crippen LogP contribution in [-0.2, 0) is 18.4 Å². The summed E-state index contributed by atoms with van der Waals surface area (Å²) in [6.45, 7) is 2.49. The molecule has 0 radical (unpaired) electrons. The minimum absolute atomic E-state index is 0.410. The Bertz CT molecular complexity index is 548. The molecule has 3 nitrogen and oxygen atoms in total. The lowest BCUT2D eigenvalue weighted by Gasteiger charge is -1.98. The van der Waals surface area contributed by atoms with Crippen molar-refractivity contribution in [3.05, 3.63) is 35.5 Å². The molecule has 1 aromatic carbocycles. The molecule has 0 N–H and O–H groups in total. The van der Waals surface area contributed by atoms with Gasteiger partial charge in [0.15, 0.2) is 0 Å². The van der Waals surface area contributed by atoms with Crippen molar-refractivity contribution in [2.24, 2.45) is 12.0 Å². The fourth-order valence-corrected chi connectivity index (χ4v) is 1.86. The maximum absolute atomic E-state index is 10.0. The number of hydrogen-bond donors (Lipinski definition) is 0.